The van der Waals surface area contributed by atoms with Crippen molar-refractivity contribution in [1.29, 1.82) is 0 Å². The van der Waals surface area contributed by atoms with Crippen LogP contribution in [-0.4, -0.2) is 32.2 Å². The highest BCUT2D eigenvalue weighted by Crippen LogP contribution is 2.43. The van der Waals surface area contributed by atoms with Crippen molar-refractivity contribution in [3.05, 3.63) is 87.4 Å². The van der Waals surface area contributed by atoms with Crippen LogP contribution in [0.2, 0.25) is 0 Å². The summed E-state index contributed by atoms with van der Waals surface area (Å²) in [7, 11) is 1.34. The summed E-state index contributed by atoms with van der Waals surface area (Å²) in [6.07, 6.45) is 0.230. The Balaban J connectivity index is 1.87. The van der Waals surface area contributed by atoms with Crippen molar-refractivity contribution in [3.8, 4) is 11.5 Å². The minimum atomic E-state index is -0.420. The molecule has 1 amide bonds. The van der Waals surface area contributed by atoms with Gasteiger partial charge in [-0.2, -0.15) is 0 Å². The number of hydrogen-bond acceptors (Lipinski definition) is 5. The predicted molar refractivity (Wildman–Crippen MR) is 134 cm³/mol. The summed E-state index contributed by atoms with van der Waals surface area (Å²) in [5.74, 6) is 0.830. The Morgan fingerprint density at radius 3 is 2.18 bits per heavy atom. The predicted octanol–water partition coefficient (Wildman–Crippen LogP) is 5.71. The summed E-state index contributed by atoms with van der Waals surface area (Å²) in [5.41, 5.74) is 3.97. The average Bonchev–Trinajstić information content (AvgIpc) is 2.84. The van der Waals surface area contributed by atoms with Crippen molar-refractivity contribution in [1.82, 2.24) is 0 Å². The Hall–Kier alpha value is -3.32. The van der Waals surface area contributed by atoms with Crippen LogP contribution in [0.25, 0.3) is 0 Å². The van der Waals surface area contributed by atoms with Crippen LogP contribution >= 0.6 is 15.9 Å². The Morgan fingerprint density at radius 1 is 0.971 bits per heavy atom. The molecular formula is C27H26BrNO5. The number of anilines is 1. The summed E-state index contributed by atoms with van der Waals surface area (Å²) < 4.78 is 17.5. The lowest BCUT2D eigenvalue weighted by molar-refractivity contribution is -0.118. The summed E-state index contributed by atoms with van der Waals surface area (Å²) >= 11 is 3.50. The second-order valence-corrected chi connectivity index (χ2v) is 8.71. The molecule has 0 aromatic heterocycles. The molecule has 1 atom stereocenters. The van der Waals surface area contributed by atoms with Crippen LogP contribution in [0.3, 0.4) is 0 Å². The van der Waals surface area contributed by atoms with Gasteiger partial charge in [0.25, 0.3) is 0 Å². The summed E-state index contributed by atoms with van der Waals surface area (Å²) in [5, 5.41) is 0. The number of hydrogen-bond donors (Lipinski definition) is 0. The molecule has 4 rings (SSSR count). The Bertz CT molecular complexity index is 1190. The highest BCUT2D eigenvalue weighted by atomic mass is 79.9. The molecule has 176 valence electrons. The van der Waals surface area contributed by atoms with Crippen LogP contribution in [0, 0.1) is 0 Å². The molecular weight excluding hydrogens is 498 g/mol. The fourth-order valence-corrected chi connectivity index (χ4v) is 4.50. The highest BCUT2D eigenvalue weighted by Gasteiger charge is 2.36. The average molecular weight is 524 g/mol. The fraction of sp³-hybridized carbons (Fsp3) is 0.259. The molecule has 0 radical (unpaired) electrons. The van der Waals surface area contributed by atoms with Crippen LogP contribution < -0.4 is 14.4 Å². The van der Waals surface area contributed by atoms with E-state index in [0.29, 0.717) is 36.0 Å². The van der Waals surface area contributed by atoms with E-state index < -0.39 is 5.97 Å². The molecule has 6 nitrogen and oxygen atoms in total. The molecule has 0 unspecified atom stereocenters. The van der Waals surface area contributed by atoms with E-state index in [2.05, 4.69) is 15.9 Å². The van der Waals surface area contributed by atoms with Crippen molar-refractivity contribution in [2.45, 2.75) is 26.3 Å². The van der Waals surface area contributed by atoms with Crippen molar-refractivity contribution in [2.75, 3.05) is 25.2 Å². The van der Waals surface area contributed by atoms with Crippen molar-refractivity contribution in [2.24, 2.45) is 0 Å². The maximum Gasteiger partial charge on any atom is 0.337 e. The van der Waals surface area contributed by atoms with E-state index in [4.69, 9.17) is 14.2 Å². The number of nitrogens with zero attached hydrogens (tertiary/aromatic N) is 1. The van der Waals surface area contributed by atoms with E-state index >= 15 is 0 Å². The zero-order chi connectivity index (χ0) is 24.2. The van der Waals surface area contributed by atoms with Gasteiger partial charge < -0.3 is 19.1 Å². The molecule has 0 saturated heterocycles. The van der Waals surface area contributed by atoms with Gasteiger partial charge in [0.2, 0.25) is 5.91 Å². The molecule has 0 spiro atoms. The second kappa shape index (κ2) is 10.3. The zero-order valence-corrected chi connectivity index (χ0v) is 20.9. The molecule has 0 bridgehead atoms. The van der Waals surface area contributed by atoms with Crippen LogP contribution in [0.5, 0.6) is 11.5 Å². The smallest absolute Gasteiger partial charge is 0.337 e. The van der Waals surface area contributed by atoms with E-state index in [1.54, 1.807) is 29.2 Å². The van der Waals surface area contributed by atoms with Gasteiger partial charge in [-0.1, -0.05) is 28.1 Å². The fourth-order valence-electron chi connectivity index (χ4n) is 4.24. The lowest BCUT2D eigenvalue weighted by Crippen LogP contribution is -2.41. The van der Waals surface area contributed by atoms with E-state index in [0.717, 1.165) is 21.2 Å². The summed E-state index contributed by atoms with van der Waals surface area (Å²) in [6, 6.07) is 18.4. The molecule has 34 heavy (non-hydrogen) atoms. The van der Waals surface area contributed by atoms with Crippen LogP contribution in [-0.2, 0) is 16.0 Å². The van der Waals surface area contributed by atoms with E-state index in [-0.39, 0.29) is 18.4 Å². The van der Waals surface area contributed by atoms with E-state index in [1.165, 1.54) is 7.11 Å². The SMILES string of the molecule is CCOc1cc2c(cc1OCC)[C@H](c1ccc(Br)cc1)N(c1ccc(C(=O)OC)cc1)C(=O)C2. The van der Waals surface area contributed by atoms with Crippen LogP contribution in [0.15, 0.2) is 65.1 Å². The molecule has 0 N–H and O–H groups in total. The number of carbonyl (C=O) groups excluding carboxylic acids is 2. The van der Waals surface area contributed by atoms with Gasteiger partial charge in [-0.15, -0.1) is 0 Å². The van der Waals surface area contributed by atoms with Gasteiger partial charge in [-0.3, -0.25) is 4.79 Å². The largest absolute Gasteiger partial charge is 0.490 e. The van der Waals surface area contributed by atoms with Gasteiger partial charge in [-0.25, -0.2) is 4.79 Å². The number of amides is 1. The molecule has 0 fully saturated rings. The number of rotatable bonds is 7. The van der Waals surface area contributed by atoms with Gasteiger partial charge in [0, 0.05) is 10.2 Å². The summed E-state index contributed by atoms with van der Waals surface area (Å²) in [4.78, 5) is 27.2. The molecule has 3 aromatic rings. The van der Waals surface area contributed by atoms with Gasteiger partial charge in [0.1, 0.15) is 0 Å². The minimum absolute atomic E-state index is 0.0437. The Labute approximate surface area is 207 Å². The molecule has 1 heterocycles. The van der Waals surface area contributed by atoms with E-state index in [9.17, 15) is 9.59 Å². The molecule has 1 aliphatic rings. The monoisotopic (exact) mass is 523 g/mol. The number of esters is 1. The first-order valence-electron chi connectivity index (χ1n) is 11.1. The van der Waals surface area contributed by atoms with Crippen molar-refractivity contribution < 1.29 is 23.8 Å². The lowest BCUT2D eigenvalue weighted by Gasteiger charge is -2.38. The maximum atomic E-state index is 13.5. The van der Waals surface area contributed by atoms with Gasteiger partial charge in [-0.05, 0) is 79.1 Å². The molecule has 7 heteroatoms. The van der Waals surface area contributed by atoms with Crippen molar-refractivity contribution in [3.63, 3.8) is 0 Å². The zero-order valence-electron chi connectivity index (χ0n) is 19.3. The molecule has 0 aliphatic carbocycles. The van der Waals surface area contributed by atoms with Crippen molar-refractivity contribution >= 4 is 33.5 Å². The first-order valence-corrected chi connectivity index (χ1v) is 11.9. The summed E-state index contributed by atoms with van der Waals surface area (Å²) in [6.45, 7) is 4.85. The standard InChI is InChI=1S/C27H26BrNO5/c1-4-33-23-14-19-15-25(30)29(21-12-8-18(9-13-21)27(31)32-3)26(17-6-10-20(28)11-7-17)22(19)16-24(23)34-5-2/h6-14,16,26H,4-5,15H2,1-3H3/t26-/m0/s1. The quantitative estimate of drug-likeness (QED) is 0.371. The van der Waals surface area contributed by atoms with E-state index in [1.807, 2.05) is 50.2 Å². The third kappa shape index (κ3) is 4.66. The second-order valence-electron chi connectivity index (χ2n) is 7.80. The normalized spacial score (nSPS) is 15.0. The Kier molecular flexibility index (Phi) is 7.22. The van der Waals surface area contributed by atoms with Crippen LogP contribution in [0.4, 0.5) is 5.69 Å². The number of ether oxygens (including phenoxy) is 3. The Morgan fingerprint density at radius 2 is 1.59 bits per heavy atom. The molecule has 1 aliphatic heterocycles. The maximum absolute atomic E-state index is 13.5. The molecule has 0 saturated carbocycles. The number of carbonyl (C=O) groups is 2. The van der Waals surface area contributed by atoms with Crippen LogP contribution in [0.1, 0.15) is 46.9 Å². The lowest BCUT2D eigenvalue weighted by atomic mass is 9.86. The first kappa shape index (κ1) is 23.8. The van der Waals surface area contributed by atoms with Gasteiger partial charge in [0.15, 0.2) is 11.5 Å². The number of benzene rings is 3. The topological polar surface area (TPSA) is 65.1 Å². The minimum Gasteiger partial charge on any atom is -0.490 e. The number of methoxy groups -OCH3 is 1. The van der Waals surface area contributed by atoms with Gasteiger partial charge >= 0.3 is 5.97 Å². The number of fused-ring (bicyclic) bond motifs is 1. The third-order valence-electron chi connectivity index (χ3n) is 5.72. The third-order valence-corrected chi connectivity index (χ3v) is 6.25. The first-order chi connectivity index (χ1) is 16.5. The van der Waals surface area contributed by atoms with Gasteiger partial charge in [0.05, 0.1) is 38.3 Å². The highest BCUT2D eigenvalue weighted by molar-refractivity contribution is 9.10. The number of halogens is 1. The molecule has 3 aromatic carbocycles.